The van der Waals surface area contributed by atoms with Crippen LogP contribution in [0.15, 0.2) is 22.4 Å². The van der Waals surface area contributed by atoms with Gasteiger partial charge in [0.25, 0.3) is 0 Å². The molecule has 3 heteroatoms. The third-order valence-corrected chi connectivity index (χ3v) is 3.63. The van der Waals surface area contributed by atoms with E-state index in [0.29, 0.717) is 0 Å². The number of thiophene rings is 1. The van der Waals surface area contributed by atoms with Crippen LogP contribution in [0.5, 0.6) is 5.75 Å². The number of ether oxygens (including phenoxy) is 1. The molecule has 1 heterocycles. The predicted molar refractivity (Wildman–Crippen MR) is 60.4 cm³/mol. The predicted octanol–water partition coefficient (Wildman–Crippen LogP) is 3.51. The number of benzene rings is 1. The third-order valence-electron chi connectivity index (χ3n) is 2.11. The van der Waals surface area contributed by atoms with Gasteiger partial charge in [-0.1, -0.05) is 0 Å². The van der Waals surface area contributed by atoms with E-state index in [2.05, 4.69) is 31.0 Å². The molecule has 0 amide bonds. The summed E-state index contributed by atoms with van der Waals surface area (Å²) in [7, 11) is 1.67. The Morgan fingerprint density at radius 2 is 2.23 bits per heavy atom. The van der Waals surface area contributed by atoms with E-state index in [-0.39, 0.29) is 0 Å². The quantitative estimate of drug-likeness (QED) is 0.709. The standard InChI is InChI=1S/C10H10OS2/c1-6-5-8(11-2)9(12)10-7(6)3-4-13-10/h3-5,12H,1-2H3. The smallest absolute Gasteiger partial charge is 0.133 e. The van der Waals surface area contributed by atoms with Gasteiger partial charge >= 0.3 is 0 Å². The van der Waals surface area contributed by atoms with Crippen LogP contribution in [-0.4, -0.2) is 7.11 Å². The summed E-state index contributed by atoms with van der Waals surface area (Å²) in [6, 6.07) is 4.14. The first kappa shape index (κ1) is 8.91. The van der Waals surface area contributed by atoms with Crippen molar-refractivity contribution < 1.29 is 4.74 Å². The van der Waals surface area contributed by atoms with Gasteiger partial charge in [0.2, 0.25) is 0 Å². The molecule has 0 unspecified atom stereocenters. The molecule has 0 saturated heterocycles. The van der Waals surface area contributed by atoms with Crippen molar-refractivity contribution in [3.05, 3.63) is 23.1 Å². The Hall–Kier alpha value is -0.670. The van der Waals surface area contributed by atoms with Gasteiger partial charge in [-0.25, -0.2) is 0 Å². The summed E-state index contributed by atoms with van der Waals surface area (Å²) in [6.45, 7) is 2.09. The molecule has 0 atom stereocenters. The number of thiol groups is 1. The Bertz CT molecular complexity index is 445. The Kier molecular flexibility index (Phi) is 2.22. The van der Waals surface area contributed by atoms with Crippen LogP contribution in [0.4, 0.5) is 0 Å². The molecular weight excluding hydrogens is 200 g/mol. The molecule has 0 radical (unpaired) electrons. The third kappa shape index (κ3) is 1.32. The van der Waals surface area contributed by atoms with Crippen molar-refractivity contribution >= 4 is 34.1 Å². The first-order chi connectivity index (χ1) is 6.24. The van der Waals surface area contributed by atoms with Crippen molar-refractivity contribution in [2.75, 3.05) is 7.11 Å². The lowest BCUT2D eigenvalue weighted by Gasteiger charge is -2.06. The van der Waals surface area contributed by atoms with Gasteiger partial charge < -0.3 is 4.74 Å². The molecule has 2 aromatic rings. The van der Waals surface area contributed by atoms with Gasteiger partial charge in [0.15, 0.2) is 0 Å². The van der Waals surface area contributed by atoms with E-state index in [4.69, 9.17) is 4.74 Å². The molecule has 0 aliphatic heterocycles. The zero-order valence-corrected chi connectivity index (χ0v) is 9.21. The maximum Gasteiger partial charge on any atom is 0.133 e. The molecule has 2 rings (SSSR count). The first-order valence-electron chi connectivity index (χ1n) is 3.98. The highest BCUT2D eigenvalue weighted by molar-refractivity contribution is 7.81. The lowest BCUT2D eigenvalue weighted by atomic mass is 10.1. The highest BCUT2D eigenvalue weighted by Crippen LogP contribution is 2.36. The van der Waals surface area contributed by atoms with Crippen molar-refractivity contribution in [3.63, 3.8) is 0 Å². The normalized spacial score (nSPS) is 10.7. The maximum atomic E-state index is 5.23. The second-order valence-electron chi connectivity index (χ2n) is 2.91. The van der Waals surface area contributed by atoms with Crippen LogP contribution < -0.4 is 4.74 Å². The Balaban J connectivity index is 2.85. The summed E-state index contributed by atoms with van der Waals surface area (Å²) in [4.78, 5) is 0.943. The van der Waals surface area contributed by atoms with Crippen LogP contribution in [0.1, 0.15) is 5.56 Å². The molecule has 0 bridgehead atoms. The van der Waals surface area contributed by atoms with Crippen LogP contribution in [-0.2, 0) is 0 Å². The zero-order chi connectivity index (χ0) is 9.42. The Labute approximate surface area is 86.8 Å². The minimum atomic E-state index is 0.857. The van der Waals surface area contributed by atoms with Crippen LogP contribution >= 0.6 is 24.0 Å². The number of methoxy groups -OCH3 is 1. The van der Waals surface area contributed by atoms with E-state index in [1.54, 1.807) is 18.4 Å². The van der Waals surface area contributed by atoms with E-state index in [9.17, 15) is 0 Å². The van der Waals surface area contributed by atoms with Gasteiger partial charge in [0.05, 0.1) is 16.7 Å². The number of fused-ring (bicyclic) bond motifs is 1. The molecule has 1 aromatic carbocycles. The largest absolute Gasteiger partial charge is 0.496 e. The molecule has 0 N–H and O–H groups in total. The number of aryl methyl sites for hydroxylation is 1. The van der Waals surface area contributed by atoms with E-state index < -0.39 is 0 Å². The molecule has 13 heavy (non-hydrogen) atoms. The van der Waals surface area contributed by atoms with Crippen LogP contribution in [0, 0.1) is 6.92 Å². The molecule has 1 aromatic heterocycles. The van der Waals surface area contributed by atoms with Gasteiger partial charge in [-0.2, -0.15) is 0 Å². The highest BCUT2D eigenvalue weighted by atomic mass is 32.1. The van der Waals surface area contributed by atoms with Crippen LogP contribution in [0.2, 0.25) is 0 Å². The van der Waals surface area contributed by atoms with Crippen LogP contribution in [0.25, 0.3) is 10.1 Å². The lowest BCUT2D eigenvalue weighted by molar-refractivity contribution is 0.406. The van der Waals surface area contributed by atoms with Gasteiger partial charge in [-0.05, 0) is 35.4 Å². The van der Waals surface area contributed by atoms with Gasteiger partial charge in [-0.3, -0.25) is 0 Å². The Morgan fingerprint density at radius 1 is 1.46 bits per heavy atom. The van der Waals surface area contributed by atoms with E-state index in [0.717, 1.165) is 10.6 Å². The molecule has 0 saturated carbocycles. The summed E-state index contributed by atoms with van der Waals surface area (Å²) >= 11 is 6.14. The summed E-state index contributed by atoms with van der Waals surface area (Å²) in [6.07, 6.45) is 0. The molecule has 0 spiro atoms. The second kappa shape index (κ2) is 3.24. The van der Waals surface area contributed by atoms with Crippen molar-refractivity contribution in [1.82, 2.24) is 0 Å². The molecular formula is C10H10OS2. The van der Waals surface area contributed by atoms with Crippen molar-refractivity contribution in [2.45, 2.75) is 11.8 Å². The highest BCUT2D eigenvalue weighted by Gasteiger charge is 2.08. The molecule has 0 aliphatic carbocycles. The SMILES string of the molecule is COc1cc(C)c2ccsc2c1S. The first-order valence-corrected chi connectivity index (χ1v) is 5.30. The minimum Gasteiger partial charge on any atom is -0.496 e. The van der Waals surface area contributed by atoms with Gasteiger partial charge in [0.1, 0.15) is 5.75 Å². The summed E-state index contributed by atoms with van der Waals surface area (Å²) in [5.74, 6) is 0.857. The fourth-order valence-electron chi connectivity index (χ4n) is 1.41. The van der Waals surface area contributed by atoms with E-state index in [1.165, 1.54) is 15.6 Å². The number of hydrogen-bond donors (Lipinski definition) is 1. The molecule has 68 valence electrons. The minimum absolute atomic E-state index is 0.857. The topological polar surface area (TPSA) is 9.23 Å². The maximum absolute atomic E-state index is 5.23. The number of hydrogen-bond acceptors (Lipinski definition) is 3. The zero-order valence-electron chi connectivity index (χ0n) is 7.50. The van der Waals surface area contributed by atoms with Crippen molar-refractivity contribution in [3.8, 4) is 5.75 Å². The van der Waals surface area contributed by atoms with E-state index in [1.807, 2.05) is 6.07 Å². The summed E-state index contributed by atoms with van der Waals surface area (Å²) < 4.78 is 6.44. The summed E-state index contributed by atoms with van der Waals surface area (Å²) in [5.41, 5.74) is 1.24. The second-order valence-corrected chi connectivity index (χ2v) is 4.27. The van der Waals surface area contributed by atoms with Crippen molar-refractivity contribution in [1.29, 1.82) is 0 Å². The average Bonchev–Trinajstić information content (AvgIpc) is 2.60. The summed E-state index contributed by atoms with van der Waals surface area (Å²) in [5, 5.41) is 3.35. The van der Waals surface area contributed by atoms with Gasteiger partial charge in [0, 0.05) is 0 Å². The molecule has 0 aliphatic rings. The van der Waals surface area contributed by atoms with E-state index >= 15 is 0 Å². The monoisotopic (exact) mass is 210 g/mol. The fourth-order valence-corrected chi connectivity index (χ4v) is 2.76. The fraction of sp³-hybridized carbons (Fsp3) is 0.200. The molecule has 0 fully saturated rings. The van der Waals surface area contributed by atoms with Gasteiger partial charge in [-0.15, -0.1) is 24.0 Å². The van der Waals surface area contributed by atoms with Crippen molar-refractivity contribution in [2.24, 2.45) is 0 Å². The lowest BCUT2D eigenvalue weighted by Crippen LogP contribution is -1.86. The molecule has 1 nitrogen and oxygen atoms in total. The Morgan fingerprint density at radius 3 is 2.92 bits per heavy atom. The van der Waals surface area contributed by atoms with Crippen LogP contribution in [0.3, 0.4) is 0 Å². The average molecular weight is 210 g/mol. The number of rotatable bonds is 1.